The van der Waals surface area contributed by atoms with E-state index in [1.165, 1.54) is 53.9 Å². The summed E-state index contributed by atoms with van der Waals surface area (Å²) in [6.07, 6.45) is 0. The van der Waals surface area contributed by atoms with Crippen LogP contribution in [0.25, 0.3) is 78.0 Å². The molecule has 5 heteroatoms. The Balaban J connectivity index is 1.14. The molecule has 55 heavy (non-hydrogen) atoms. The molecule has 0 bridgehead atoms. The zero-order valence-corrected chi connectivity index (χ0v) is 30.3. The molecular formula is C50H30N3OS+. The van der Waals surface area contributed by atoms with E-state index in [0.29, 0.717) is 5.82 Å². The zero-order valence-electron chi connectivity index (χ0n) is 29.5. The quantitative estimate of drug-likeness (QED) is 0.182. The molecule has 1 aliphatic carbocycles. The summed E-state index contributed by atoms with van der Waals surface area (Å²) < 4.78 is 6.50. The van der Waals surface area contributed by atoms with E-state index in [0.717, 1.165) is 50.3 Å². The van der Waals surface area contributed by atoms with Crippen LogP contribution >= 0.6 is 11.8 Å². The first-order chi connectivity index (χ1) is 27.3. The molecule has 0 fully saturated rings. The van der Waals surface area contributed by atoms with Gasteiger partial charge in [-0.3, -0.25) is 0 Å². The smallest absolute Gasteiger partial charge is 0.312 e. The molecule has 10 aromatic rings. The van der Waals surface area contributed by atoms with Crippen molar-refractivity contribution in [3.8, 4) is 45.3 Å². The Morgan fingerprint density at radius 3 is 2.07 bits per heavy atom. The van der Waals surface area contributed by atoms with Gasteiger partial charge < -0.3 is 4.42 Å². The molecule has 4 nitrogen and oxygen atoms in total. The highest BCUT2D eigenvalue weighted by Gasteiger charge is 2.50. The van der Waals surface area contributed by atoms with Crippen molar-refractivity contribution in [1.29, 1.82) is 0 Å². The first-order valence-corrected chi connectivity index (χ1v) is 19.4. The molecule has 12 rings (SSSR count). The third kappa shape index (κ3) is 4.33. The second-order valence-corrected chi connectivity index (χ2v) is 15.4. The van der Waals surface area contributed by atoms with E-state index in [4.69, 9.17) is 14.4 Å². The number of hydrogen-bond donors (Lipinski definition) is 0. The second kappa shape index (κ2) is 11.6. The van der Waals surface area contributed by atoms with Crippen LogP contribution in [0.4, 0.5) is 0 Å². The van der Waals surface area contributed by atoms with E-state index in [-0.39, 0.29) is 0 Å². The number of aromatic amines is 1. The predicted octanol–water partition coefficient (Wildman–Crippen LogP) is 12.2. The number of fused-ring (bicyclic) bond motifs is 14. The Hall–Kier alpha value is -6.82. The highest BCUT2D eigenvalue weighted by Crippen LogP contribution is 2.63. The van der Waals surface area contributed by atoms with Crippen molar-refractivity contribution in [3.63, 3.8) is 0 Å². The summed E-state index contributed by atoms with van der Waals surface area (Å²) in [5, 5.41) is 4.65. The molecule has 1 N–H and O–H groups in total. The zero-order chi connectivity index (χ0) is 36.1. The van der Waals surface area contributed by atoms with Crippen molar-refractivity contribution < 1.29 is 9.40 Å². The van der Waals surface area contributed by atoms with Crippen LogP contribution < -0.4 is 4.98 Å². The third-order valence-corrected chi connectivity index (χ3v) is 12.6. The van der Waals surface area contributed by atoms with E-state index < -0.39 is 5.41 Å². The fourth-order valence-electron chi connectivity index (χ4n) is 9.13. The maximum atomic E-state index is 6.50. The van der Waals surface area contributed by atoms with Crippen molar-refractivity contribution in [2.45, 2.75) is 15.2 Å². The monoisotopic (exact) mass is 720 g/mol. The Labute approximate surface area is 321 Å². The van der Waals surface area contributed by atoms with Crippen LogP contribution in [0.3, 0.4) is 0 Å². The van der Waals surface area contributed by atoms with E-state index in [1.54, 1.807) is 0 Å². The summed E-state index contributed by atoms with van der Waals surface area (Å²) in [4.78, 5) is 16.7. The van der Waals surface area contributed by atoms with Crippen LogP contribution in [0.1, 0.15) is 22.3 Å². The summed E-state index contributed by atoms with van der Waals surface area (Å²) in [5.74, 6) is 2.08. The van der Waals surface area contributed by atoms with Gasteiger partial charge in [0.05, 0.1) is 22.1 Å². The average molecular weight is 721 g/mol. The molecule has 3 heterocycles. The van der Waals surface area contributed by atoms with Crippen molar-refractivity contribution in [2.75, 3.05) is 0 Å². The first-order valence-electron chi connectivity index (χ1n) is 18.6. The molecule has 1 aliphatic heterocycles. The van der Waals surface area contributed by atoms with Crippen LogP contribution in [0.15, 0.2) is 190 Å². The van der Waals surface area contributed by atoms with Gasteiger partial charge in [0.2, 0.25) is 0 Å². The minimum Gasteiger partial charge on any atom is -0.455 e. The second-order valence-electron chi connectivity index (χ2n) is 14.3. The van der Waals surface area contributed by atoms with E-state index in [2.05, 4.69) is 145 Å². The summed E-state index contributed by atoms with van der Waals surface area (Å²) in [6, 6.07) is 63.0. The van der Waals surface area contributed by atoms with Crippen molar-refractivity contribution in [1.82, 2.24) is 9.97 Å². The van der Waals surface area contributed by atoms with E-state index in [9.17, 15) is 0 Å². The van der Waals surface area contributed by atoms with Gasteiger partial charge >= 0.3 is 5.82 Å². The van der Waals surface area contributed by atoms with Gasteiger partial charge in [0.1, 0.15) is 11.2 Å². The fourth-order valence-corrected chi connectivity index (χ4v) is 10.3. The number of hydrogen-bond acceptors (Lipinski definition) is 4. The predicted molar refractivity (Wildman–Crippen MR) is 221 cm³/mol. The molecule has 1 atom stereocenters. The molecule has 1 unspecified atom stereocenters. The Bertz CT molecular complexity index is 3210. The number of rotatable bonds is 3. The summed E-state index contributed by atoms with van der Waals surface area (Å²) in [7, 11) is 0. The normalized spacial score (nSPS) is 15.3. The van der Waals surface area contributed by atoms with Gasteiger partial charge in [0.15, 0.2) is 0 Å². The molecular weight excluding hydrogens is 691 g/mol. The standard InChI is InChI=1S/C50H29N3OS/c1-2-14-31(15-3-1)47-51-48(53-49(52-47)37-20-12-19-35-34-17-7-10-23-42(34)54-46(35)37)32-26-28-44-41(29-32)50(39-22-9-11-24-43(39)55-44)38-21-8-6-18-36(38)45-33-16-5-4-13-30(33)25-27-40(45)50/h1-29H/p+1. The van der Waals surface area contributed by atoms with Gasteiger partial charge in [-0.2, -0.15) is 0 Å². The minimum absolute atomic E-state index is 0.527. The molecule has 0 radical (unpaired) electrons. The molecule has 0 saturated carbocycles. The van der Waals surface area contributed by atoms with Gasteiger partial charge in [0, 0.05) is 20.6 Å². The summed E-state index contributed by atoms with van der Waals surface area (Å²) in [5.41, 5.74) is 11.7. The maximum absolute atomic E-state index is 6.50. The first kappa shape index (κ1) is 30.6. The van der Waals surface area contributed by atoms with Crippen LogP contribution in [0, 0.1) is 0 Å². The van der Waals surface area contributed by atoms with Gasteiger partial charge in [0.25, 0.3) is 11.6 Å². The largest absolute Gasteiger partial charge is 0.455 e. The maximum Gasteiger partial charge on any atom is 0.312 e. The summed E-state index contributed by atoms with van der Waals surface area (Å²) in [6.45, 7) is 0. The molecule has 256 valence electrons. The van der Waals surface area contributed by atoms with Gasteiger partial charge in [-0.25, -0.2) is 4.98 Å². The molecule has 8 aromatic carbocycles. The fraction of sp³-hybridized carbons (Fsp3) is 0.0200. The number of aromatic nitrogens is 3. The van der Waals surface area contributed by atoms with Crippen LogP contribution in [0.2, 0.25) is 0 Å². The lowest BCUT2D eigenvalue weighted by molar-refractivity contribution is -0.359. The SMILES string of the molecule is c1ccc(-c2nc(-c3cccc4c3oc3ccccc34)nc(-c3ccc4c(c3)C3(c5ccccc5S4)c4ccccc4-c4c3ccc3ccccc43)[nH+]2)cc1. The lowest BCUT2D eigenvalue weighted by Crippen LogP contribution is -2.32. The number of furan rings is 1. The van der Waals surface area contributed by atoms with Crippen LogP contribution in [0.5, 0.6) is 0 Å². The van der Waals surface area contributed by atoms with Crippen molar-refractivity contribution in [3.05, 3.63) is 198 Å². The van der Waals surface area contributed by atoms with Gasteiger partial charge in [-0.1, -0.05) is 149 Å². The Morgan fingerprint density at radius 2 is 1.16 bits per heavy atom. The lowest BCUT2D eigenvalue weighted by Gasteiger charge is -2.39. The topological polar surface area (TPSA) is 53.1 Å². The van der Waals surface area contributed by atoms with Crippen molar-refractivity contribution in [2.24, 2.45) is 0 Å². The van der Waals surface area contributed by atoms with Crippen LogP contribution in [-0.4, -0.2) is 9.97 Å². The molecule has 1 spiro atoms. The van der Waals surface area contributed by atoms with E-state index in [1.807, 2.05) is 48.2 Å². The number of benzene rings is 8. The van der Waals surface area contributed by atoms with Crippen molar-refractivity contribution >= 4 is 44.5 Å². The van der Waals surface area contributed by atoms with Crippen LogP contribution in [-0.2, 0) is 5.41 Å². The highest BCUT2D eigenvalue weighted by molar-refractivity contribution is 7.99. The number of H-pyrrole nitrogens is 1. The van der Waals surface area contributed by atoms with Gasteiger partial charge in [-0.15, -0.1) is 0 Å². The Morgan fingerprint density at radius 1 is 0.473 bits per heavy atom. The molecule has 2 aromatic heterocycles. The minimum atomic E-state index is -0.527. The highest BCUT2D eigenvalue weighted by atomic mass is 32.2. The number of para-hydroxylation sites is 2. The third-order valence-electron chi connectivity index (χ3n) is 11.5. The van der Waals surface area contributed by atoms with E-state index >= 15 is 0 Å². The average Bonchev–Trinajstić information content (AvgIpc) is 3.78. The number of nitrogens with one attached hydrogen (secondary N) is 1. The molecule has 0 saturated heterocycles. The molecule has 2 aliphatic rings. The number of nitrogens with zero attached hydrogens (tertiary/aromatic N) is 2. The molecule has 0 amide bonds. The Kier molecular flexibility index (Phi) is 6.45. The summed E-state index contributed by atoms with van der Waals surface area (Å²) >= 11 is 1.85. The lowest BCUT2D eigenvalue weighted by atomic mass is 9.67. The van der Waals surface area contributed by atoms with Gasteiger partial charge in [-0.05, 0) is 92.7 Å².